The fourth-order valence-electron chi connectivity index (χ4n) is 2.51. The highest BCUT2D eigenvalue weighted by molar-refractivity contribution is 7.91. The van der Waals surface area contributed by atoms with E-state index in [-0.39, 0.29) is 5.75 Å². The van der Waals surface area contributed by atoms with Gasteiger partial charge in [0.1, 0.15) is 0 Å². The molecule has 0 aromatic heterocycles. The molecule has 5 nitrogen and oxygen atoms in total. The van der Waals surface area contributed by atoms with Gasteiger partial charge in [-0.05, 0) is 49.6 Å². The van der Waals surface area contributed by atoms with Gasteiger partial charge in [-0.1, -0.05) is 41.9 Å². The molecule has 2 rings (SSSR count). The van der Waals surface area contributed by atoms with Crippen molar-refractivity contribution < 1.29 is 8.42 Å². The van der Waals surface area contributed by atoms with Crippen molar-refractivity contribution in [3.8, 4) is 0 Å². The van der Waals surface area contributed by atoms with Crippen LogP contribution in [0.25, 0.3) is 0 Å². The second-order valence-electron chi connectivity index (χ2n) is 6.05. The molecule has 0 aliphatic heterocycles. The molecule has 0 radical (unpaired) electrons. The zero-order chi connectivity index (χ0) is 19.5. The van der Waals surface area contributed by atoms with Gasteiger partial charge in [0.15, 0.2) is 15.8 Å². The van der Waals surface area contributed by atoms with Crippen molar-refractivity contribution in [1.29, 1.82) is 0 Å². The maximum Gasteiger partial charge on any atom is 0.191 e. The maximum absolute atomic E-state index is 12.3. The van der Waals surface area contributed by atoms with Crippen molar-refractivity contribution in [3.05, 3.63) is 65.2 Å². The van der Waals surface area contributed by atoms with Gasteiger partial charge in [-0.15, -0.1) is 0 Å². The molecule has 0 aliphatic rings. The Morgan fingerprint density at radius 1 is 1.04 bits per heavy atom. The van der Waals surface area contributed by atoms with Gasteiger partial charge in [0.2, 0.25) is 0 Å². The minimum atomic E-state index is -3.25. The van der Waals surface area contributed by atoms with Gasteiger partial charge in [0.05, 0.1) is 10.6 Å². The van der Waals surface area contributed by atoms with E-state index in [4.69, 9.17) is 11.6 Å². The third-order valence-corrected chi connectivity index (χ3v) is 5.98. The minimum absolute atomic E-state index is 0.0880. The Balaban J connectivity index is 1.79. The van der Waals surface area contributed by atoms with E-state index in [1.165, 1.54) is 5.56 Å². The zero-order valence-electron chi connectivity index (χ0n) is 15.5. The van der Waals surface area contributed by atoms with Gasteiger partial charge in [-0.2, -0.15) is 0 Å². The normalized spacial score (nSPS) is 12.0. The number of halogens is 1. The summed E-state index contributed by atoms with van der Waals surface area (Å²) in [5, 5.41) is 7.17. The third kappa shape index (κ3) is 7.61. The summed E-state index contributed by atoms with van der Waals surface area (Å²) in [7, 11) is -3.25. The van der Waals surface area contributed by atoms with Crippen LogP contribution in [-0.4, -0.2) is 39.8 Å². The average Bonchev–Trinajstić information content (AvgIpc) is 2.67. The molecule has 0 fully saturated rings. The predicted molar refractivity (Wildman–Crippen MR) is 112 cm³/mol. The van der Waals surface area contributed by atoms with Gasteiger partial charge < -0.3 is 10.6 Å². The number of benzene rings is 2. The summed E-state index contributed by atoms with van der Waals surface area (Å²) < 4.78 is 24.5. The highest BCUT2D eigenvalue weighted by Gasteiger charge is 2.12. The van der Waals surface area contributed by atoms with Crippen molar-refractivity contribution in [2.24, 2.45) is 4.99 Å². The summed E-state index contributed by atoms with van der Waals surface area (Å²) in [6.07, 6.45) is 1.33. The third-order valence-electron chi connectivity index (χ3n) is 3.91. The number of nitrogens with one attached hydrogen (secondary N) is 2. The van der Waals surface area contributed by atoms with E-state index in [1.807, 2.05) is 37.3 Å². The lowest BCUT2D eigenvalue weighted by Crippen LogP contribution is -2.38. The van der Waals surface area contributed by atoms with Crippen LogP contribution in [0.4, 0.5) is 0 Å². The topological polar surface area (TPSA) is 70.6 Å². The van der Waals surface area contributed by atoms with E-state index in [1.54, 1.807) is 24.3 Å². The van der Waals surface area contributed by atoms with Gasteiger partial charge in [-0.25, -0.2) is 8.42 Å². The van der Waals surface area contributed by atoms with Crippen LogP contribution in [-0.2, 0) is 16.3 Å². The summed E-state index contributed by atoms with van der Waals surface area (Å²) in [4.78, 5) is 4.83. The summed E-state index contributed by atoms with van der Waals surface area (Å²) >= 11 is 5.89. The minimum Gasteiger partial charge on any atom is -0.357 e. The lowest BCUT2D eigenvalue weighted by molar-refractivity contribution is 0.593. The van der Waals surface area contributed by atoms with Crippen LogP contribution >= 0.6 is 11.6 Å². The lowest BCUT2D eigenvalue weighted by atomic mass is 10.1. The number of hydrogen-bond acceptors (Lipinski definition) is 3. The molecule has 0 amide bonds. The van der Waals surface area contributed by atoms with Crippen LogP contribution in [0.3, 0.4) is 0 Å². The highest BCUT2D eigenvalue weighted by atomic mass is 35.5. The Bertz CT molecular complexity index is 822. The molecule has 2 aromatic rings. The Labute approximate surface area is 166 Å². The fourth-order valence-corrected chi connectivity index (χ4v) is 3.95. The smallest absolute Gasteiger partial charge is 0.191 e. The molecule has 0 atom stereocenters. The Hall–Kier alpha value is -2.05. The first kappa shape index (κ1) is 21.3. The second-order valence-corrected chi connectivity index (χ2v) is 8.59. The van der Waals surface area contributed by atoms with Crippen molar-refractivity contribution in [2.75, 3.05) is 25.4 Å². The summed E-state index contributed by atoms with van der Waals surface area (Å²) in [6.45, 7) is 3.92. The fraction of sp³-hybridized carbons (Fsp3) is 0.350. The quantitative estimate of drug-likeness (QED) is 0.380. The number of hydrogen-bond donors (Lipinski definition) is 2. The molecular weight excluding hydrogens is 382 g/mol. The molecule has 0 aliphatic carbocycles. The van der Waals surface area contributed by atoms with Crippen LogP contribution in [0.2, 0.25) is 5.02 Å². The molecule has 0 spiro atoms. The van der Waals surface area contributed by atoms with E-state index in [0.717, 1.165) is 24.5 Å². The monoisotopic (exact) mass is 407 g/mol. The molecule has 146 valence electrons. The number of sulfone groups is 1. The Morgan fingerprint density at radius 3 is 2.41 bits per heavy atom. The molecular formula is C20H26ClN3O2S. The Kier molecular flexibility index (Phi) is 8.61. The summed E-state index contributed by atoms with van der Waals surface area (Å²) in [5.74, 6) is 0.786. The van der Waals surface area contributed by atoms with E-state index in [9.17, 15) is 8.42 Å². The zero-order valence-corrected chi connectivity index (χ0v) is 17.1. The summed E-state index contributed by atoms with van der Waals surface area (Å²) in [6, 6.07) is 16.3. The number of nitrogens with zero attached hydrogens (tertiary/aromatic N) is 1. The van der Waals surface area contributed by atoms with E-state index in [2.05, 4.69) is 15.6 Å². The van der Waals surface area contributed by atoms with Crippen molar-refractivity contribution >= 4 is 27.4 Å². The first-order chi connectivity index (χ1) is 13.0. The van der Waals surface area contributed by atoms with E-state index in [0.29, 0.717) is 23.8 Å². The van der Waals surface area contributed by atoms with Crippen molar-refractivity contribution in [2.45, 2.75) is 24.7 Å². The first-order valence-electron chi connectivity index (χ1n) is 9.05. The standard InChI is InChI=1S/C20H26ClN3O2S/c1-2-22-20(24-15-13-17-9-11-18(21)12-10-17)23-14-6-16-27(25,26)19-7-4-3-5-8-19/h3-5,7-12H,2,6,13-16H2,1H3,(H2,22,23,24). The van der Waals surface area contributed by atoms with Gasteiger partial charge in [0.25, 0.3) is 0 Å². The molecule has 0 bridgehead atoms. The SMILES string of the molecule is CCNC(=NCCCS(=O)(=O)c1ccccc1)NCCc1ccc(Cl)cc1. The second kappa shape index (κ2) is 10.9. The average molecular weight is 408 g/mol. The van der Waals surface area contributed by atoms with Gasteiger partial charge in [0, 0.05) is 24.7 Å². The predicted octanol–water partition coefficient (Wildman–Crippen LogP) is 3.30. The summed E-state index contributed by atoms with van der Waals surface area (Å²) in [5.41, 5.74) is 1.19. The molecule has 0 heterocycles. The molecule has 27 heavy (non-hydrogen) atoms. The molecule has 0 saturated carbocycles. The molecule has 2 aromatic carbocycles. The molecule has 2 N–H and O–H groups in total. The van der Waals surface area contributed by atoms with Gasteiger partial charge >= 0.3 is 0 Å². The van der Waals surface area contributed by atoms with Crippen molar-refractivity contribution in [1.82, 2.24) is 10.6 Å². The van der Waals surface area contributed by atoms with Crippen LogP contribution in [0.5, 0.6) is 0 Å². The lowest BCUT2D eigenvalue weighted by Gasteiger charge is -2.11. The first-order valence-corrected chi connectivity index (χ1v) is 11.1. The van der Waals surface area contributed by atoms with Gasteiger partial charge in [-0.3, -0.25) is 4.99 Å². The van der Waals surface area contributed by atoms with E-state index >= 15 is 0 Å². The molecule has 0 unspecified atom stereocenters. The molecule has 0 saturated heterocycles. The molecule has 7 heteroatoms. The Morgan fingerprint density at radius 2 is 1.74 bits per heavy atom. The number of guanidine groups is 1. The van der Waals surface area contributed by atoms with Crippen LogP contribution in [0.15, 0.2) is 64.5 Å². The van der Waals surface area contributed by atoms with Crippen LogP contribution in [0, 0.1) is 0 Å². The van der Waals surface area contributed by atoms with Crippen LogP contribution < -0.4 is 10.6 Å². The van der Waals surface area contributed by atoms with E-state index < -0.39 is 9.84 Å². The number of rotatable bonds is 9. The number of aliphatic imine (C=N–C) groups is 1. The maximum atomic E-state index is 12.3. The van der Waals surface area contributed by atoms with Crippen LogP contribution in [0.1, 0.15) is 18.9 Å². The highest BCUT2D eigenvalue weighted by Crippen LogP contribution is 2.11. The largest absolute Gasteiger partial charge is 0.357 e. The van der Waals surface area contributed by atoms with Crippen molar-refractivity contribution in [3.63, 3.8) is 0 Å².